The molecule has 0 amide bonds. The molecule has 8 heteroatoms. The molecule has 0 spiro atoms. The summed E-state index contributed by atoms with van der Waals surface area (Å²) in [6, 6.07) is 8.30. The summed E-state index contributed by atoms with van der Waals surface area (Å²) < 4.78 is 0. The average Bonchev–Trinajstić information content (AvgIpc) is 2.53. The van der Waals surface area contributed by atoms with E-state index < -0.39 is 15.6 Å². The molecule has 0 unspecified atom stereocenters. The predicted octanol–water partition coefficient (Wildman–Crippen LogP) is 4.36. The number of nitrogens with zero attached hydrogens (tertiary/aromatic N) is 2. The van der Waals surface area contributed by atoms with Gasteiger partial charge in [-0.3, -0.25) is 25.0 Å². The zero-order valence-electron chi connectivity index (χ0n) is 12.4. The Bertz CT molecular complexity index is 877. The molecule has 0 fully saturated rings. The van der Waals surface area contributed by atoms with Gasteiger partial charge in [-0.05, 0) is 24.6 Å². The molecule has 2 aromatic rings. The molecular weight excluding hydrogens is 336 g/mol. The highest BCUT2D eigenvalue weighted by atomic mass is 35.5. The third-order valence-corrected chi connectivity index (χ3v) is 3.60. The number of nitro benzene ring substituents is 2. The maximum atomic E-state index is 12.1. The average molecular weight is 347 g/mol. The Labute approximate surface area is 141 Å². The fourth-order valence-electron chi connectivity index (χ4n) is 2.00. The van der Waals surface area contributed by atoms with E-state index in [0.717, 1.165) is 0 Å². The van der Waals surface area contributed by atoms with Gasteiger partial charge in [-0.1, -0.05) is 35.9 Å². The van der Waals surface area contributed by atoms with Gasteiger partial charge in [0.2, 0.25) is 0 Å². The van der Waals surface area contributed by atoms with Gasteiger partial charge in [0.05, 0.1) is 9.85 Å². The van der Waals surface area contributed by atoms with Gasteiger partial charge in [0, 0.05) is 23.3 Å². The standard InChI is InChI=1S/C16H11ClN2O5/c1-10-2-5-12(9-14(10)18(21)22)16(20)7-4-11-3-6-13(17)15(8-11)19(23)24/h2-9H,1H3. The van der Waals surface area contributed by atoms with Gasteiger partial charge in [0.1, 0.15) is 5.02 Å². The quantitative estimate of drug-likeness (QED) is 0.346. The number of halogens is 1. The first-order valence-electron chi connectivity index (χ1n) is 6.71. The van der Waals surface area contributed by atoms with Crippen LogP contribution in [0.3, 0.4) is 0 Å². The number of carbonyl (C=O) groups is 1. The maximum Gasteiger partial charge on any atom is 0.288 e. The Kier molecular flexibility index (Phi) is 5.05. The normalized spacial score (nSPS) is 10.8. The smallest absolute Gasteiger partial charge is 0.288 e. The van der Waals surface area contributed by atoms with Gasteiger partial charge in [0.15, 0.2) is 5.78 Å². The molecule has 0 saturated heterocycles. The Balaban J connectivity index is 2.28. The van der Waals surface area contributed by atoms with Crippen LogP contribution in [0.1, 0.15) is 21.5 Å². The number of hydrogen-bond acceptors (Lipinski definition) is 5. The Morgan fingerprint density at radius 3 is 2.33 bits per heavy atom. The van der Waals surface area contributed by atoms with Gasteiger partial charge in [-0.15, -0.1) is 0 Å². The van der Waals surface area contributed by atoms with E-state index >= 15 is 0 Å². The monoisotopic (exact) mass is 346 g/mol. The lowest BCUT2D eigenvalue weighted by Gasteiger charge is -2.00. The van der Waals surface area contributed by atoms with Crippen LogP contribution < -0.4 is 0 Å². The van der Waals surface area contributed by atoms with Crippen molar-refractivity contribution in [1.82, 2.24) is 0 Å². The SMILES string of the molecule is Cc1ccc(C(=O)C=Cc2ccc(Cl)c([N+](=O)[O-])c2)cc1[N+](=O)[O-]. The van der Waals surface area contributed by atoms with Crippen LogP contribution >= 0.6 is 11.6 Å². The molecule has 0 atom stereocenters. The minimum Gasteiger partial charge on any atom is -0.289 e. The van der Waals surface area contributed by atoms with Crippen molar-refractivity contribution in [3.8, 4) is 0 Å². The van der Waals surface area contributed by atoms with Crippen molar-refractivity contribution < 1.29 is 14.6 Å². The molecule has 7 nitrogen and oxygen atoms in total. The summed E-state index contributed by atoms with van der Waals surface area (Å²) in [6.07, 6.45) is 2.58. The number of nitro groups is 2. The van der Waals surface area contributed by atoms with Gasteiger partial charge in [-0.2, -0.15) is 0 Å². The minimum absolute atomic E-state index is 0.00219. The second-order valence-electron chi connectivity index (χ2n) is 4.92. The zero-order valence-corrected chi connectivity index (χ0v) is 13.2. The Morgan fingerprint density at radius 2 is 1.71 bits per heavy atom. The van der Waals surface area contributed by atoms with Crippen molar-refractivity contribution in [2.45, 2.75) is 6.92 Å². The van der Waals surface area contributed by atoms with E-state index in [-0.39, 0.29) is 22.0 Å². The van der Waals surface area contributed by atoms with E-state index in [4.69, 9.17) is 11.6 Å². The van der Waals surface area contributed by atoms with Crippen LogP contribution in [0.4, 0.5) is 11.4 Å². The van der Waals surface area contributed by atoms with E-state index in [1.807, 2.05) is 0 Å². The Morgan fingerprint density at radius 1 is 1.04 bits per heavy atom. The highest BCUT2D eigenvalue weighted by Crippen LogP contribution is 2.26. The molecule has 0 aliphatic rings. The molecule has 0 radical (unpaired) electrons. The Hall–Kier alpha value is -3.06. The summed E-state index contributed by atoms with van der Waals surface area (Å²) in [5.41, 5.74) is 0.621. The van der Waals surface area contributed by atoms with Crippen molar-refractivity contribution in [3.05, 3.63) is 84.4 Å². The van der Waals surface area contributed by atoms with E-state index in [1.165, 1.54) is 48.6 Å². The van der Waals surface area contributed by atoms with E-state index in [0.29, 0.717) is 11.1 Å². The van der Waals surface area contributed by atoms with Crippen LogP contribution in [0.5, 0.6) is 0 Å². The van der Waals surface area contributed by atoms with Crippen molar-refractivity contribution >= 4 is 34.8 Å². The second kappa shape index (κ2) is 7.01. The zero-order chi connectivity index (χ0) is 17.9. The molecule has 0 saturated carbocycles. The fourth-order valence-corrected chi connectivity index (χ4v) is 2.19. The molecule has 24 heavy (non-hydrogen) atoms. The molecular formula is C16H11ClN2O5. The number of aryl methyl sites for hydroxylation is 1. The summed E-state index contributed by atoms with van der Waals surface area (Å²) >= 11 is 5.72. The lowest BCUT2D eigenvalue weighted by atomic mass is 10.1. The molecule has 0 aromatic heterocycles. The van der Waals surface area contributed by atoms with Crippen molar-refractivity contribution in [1.29, 1.82) is 0 Å². The maximum absolute atomic E-state index is 12.1. The first-order valence-corrected chi connectivity index (χ1v) is 7.09. The van der Waals surface area contributed by atoms with Crippen molar-refractivity contribution in [2.75, 3.05) is 0 Å². The lowest BCUT2D eigenvalue weighted by molar-refractivity contribution is -0.385. The molecule has 2 rings (SSSR count). The van der Waals surface area contributed by atoms with E-state index in [2.05, 4.69) is 0 Å². The number of benzene rings is 2. The third kappa shape index (κ3) is 3.82. The minimum atomic E-state index is -0.620. The first kappa shape index (κ1) is 17.3. The number of allylic oxidation sites excluding steroid dienone is 1. The molecule has 0 heterocycles. The second-order valence-corrected chi connectivity index (χ2v) is 5.33. The first-order chi connectivity index (χ1) is 11.3. The molecule has 122 valence electrons. The highest BCUT2D eigenvalue weighted by molar-refractivity contribution is 6.32. The van der Waals surface area contributed by atoms with Gasteiger partial charge < -0.3 is 0 Å². The molecule has 0 bridgehead atoms. The van der Waals surface area contributed by atoms with Crippen LogP contribution in [0, 0.1) is 27.2 Å². The fraction of sp³-hybridized carbons (Fsp3) is 0.0625. The predicted molar refractivity (Wildman–Crippen MR) is 89.3 cm³/mol. The van der Waals surface area contributed by atoms with Crippen molar-refractivity contribution in [2.24, 2.45) is 0 Å². The van der Waals surface area contributed by atoms with E-state index in [1.54, 1.807) is 6.92 Å². The lowest BCUT2D eigenvalue weighted by Crippen LogP contribution is -1.98. The van der Waals surface area contributed by atoms with Crippen LogP contribution in [0.15, 0.2) is 42.5 Å². The number of ketones is 1. The summed E-state index contributed by atoms with van der Waals surface area (Å²) in [7, 11) is 0. The third-order valence-electron chi connectivity index (χ3n) is 3.28. The summed E-state index contributed by atoms with van der Waals surface area (Å²) in [6.45, 7) is 1.58. The molecule has 0 aliphatic carbocycles. The van der Waals surface area contributed by atoms with Crippen LogP contribution in [-0.2, 0) is 0 Å². The van der Waals surface area contributed by atoms with Crippen molar-refractivity contribution in [3.63, 3.8) is 0 Å². The molecule has 0 aliphatic heterocycles. The molecule has 2 aromatic carbocycles. The van der Waals surface area contributed by atoms with Gasteiger partial charge >= 0.3 is 0 Å². The topological polar surface area (TPSA) is 103 Å². The van der Waals surface area contributed by atoms with Crippen LogP contribution in [0.25, 0.3) is 6.08 Å². The van der Waals surface area contributed by atoms with Gasteiger partial charge in [0.25, 0.3) is 11.4 Å². The summed E-state index contributed by atoms with van der Waals surface area (Å²) in [5, 5.41) is 21.7. The van der Waals surface area contributed by atoms with E-state index in [9.17, 15) is 25.0 Å². The largest absolute Gasteiger partial charge is 0.289 e. The van der Waals surface area contributed by atoms with Crippen LogP contribution in [-0.4, -0.2) is 15.6 Å². The number of rotatable bonds is 5. The van der Waals surface area contributed by atoms with Crippen LogP contribution in [0.2, 0.25) is 5.02 Å². The molecule has 0 N–H and O–H groups in total. The number of carbonyl (C=O) groups excluding carboxylic acids is 1. The number of hydrogen-bond donors (Lipinski definition) is 0. The summed E-state index contributed by atoms with van der Waals surface area (Å²) in [5.74, 6) is -0.448. The summed E-state index contributed by atoms with van der Waals surface area (Å²) in [4.78, 5) is 32.7. The highest BCUT2D eigenvalue weighted by Gasteiger charge is 2.14. The van der Waals surface area contributed by atoms with Gasteiger partial charge in [-0.25, -0.2) is 0 Å².